The van der Waals surface area contributed by atoms with Gasteiger partial charge in [-0.25, -0.2) is 4.39 Å². The topological polar surface area (TPSA) is 30.5 Å². The van der Waals surface area contributed by atoms with Crippen molar-refractivity contribution in [3.05, 3.63) is 29.6 Å². The van der Waals surface area contributed by atoms with Crippen LogP contribution in [0.3, 0.4) is 0 Å². The van der Waals surface area contributed by atoms with Crippen molar-refractivity contribution in [1.82, 2.24) is 5.32 Å². The minimum Gasteiger partial charge on any atom is -0.493 e. The predicted octanol–water partition coefficient (Wildman–Crippen LogP) is 2.99. The molecule has 0 heterocycles. The van der Waals surface area contributed by atoms with E-state index in [4.69, 9.17) is 9.47 Å². The van der Waals surface area contributed by atoms with Gasteiger partial charge in [-0.1, -0.05) is 13.8 Å². The zero-order chi connectivity index (χ0) is 14.1. The van der Waals surface area contributed by atoms with Crippen molar-refractivity contribution in [2.45, 2.75) is 26.8 Å². The maximum Gasteiger partial charge on any atom is 0.123 e. The van der Waals surface area contributed by atoms with Gasteiger partial charge in [0.25, 0.3) is 0 Å². The number of hydrogen-bond donors (Lipinski definition) is 1. The molecule has 0 bridgehead atoms. The van der Waals surface area contributed by atoms with Crippen LogP contribution < -0.4 is 10.1 Å². The third-order valence-corrected chi connectivity index (χ3v) is 2.77. The molecule has 0 saturated heterocycles. The van der Waals surface area contributed by atoms with Crippen molar-refractivity contribution in [2.24, 2.45) is 5.92 Å². The molecule has 0 aromatic heterocycles. The molecule has 0 spiro atoms. The Morgan fingerprint density at radius 2 is 2.05 bits per heavy atom. The van der Waals surface area contributed by atoms with Crippen molar-refractivity contribution in [2.75, 3.05) is 26.9 Å². The number of nitrogens with one attached hydrogen (secondary N) is 1. The molecule has 0 atom stereocenters. The van der Waals surface area contributed by atoms with Gasteiger partial charge in [0.05, 0.1) is 13.2 Å². The average Bonchev–Trinajstić information content (AvgIpc) is 2.36. The van der Waals surface area contributed by atoms with Crippen LogP contribution in [0.4, 0.5) is 4.39 Å². The molecule has 0 aliphatic rings. The highest BCUT2D eigenvalue weighted by molar-refractivity contribution is 5.33. The lowest BCUT2D eigenvalue weighted by Crippen LogP contribution is -2.19. The van der Waals surface area contributed by atoms with Crippen LogP contribution in [-0.4, -0.2) is 26.9 Å². The summed E-state index contributed by atoms with van der Waals surface area (Å²) in [5, 5.41) is 3.20. The first-order valence-corrected chi connectivity index (χ1v) is 6.74. The Morgan fingerprint density at radius 1 is 1.26 bits per heavy atom. The molecular formula is C15H24FNO2. The summed E-state index contributed by atoms with van der Waals surface area (Å²) in [6.07, 6.45) is 0.994. The largest absolute Gasteiger partial charge is 0.493 e. The monoisotopic (exact) mass is 269 g/mol. The lowest BCUT2D eigenvalue weighted by atomic mass is 10.1. The minimum atomic E-state index is -0.236. The van der Waals surface area contributed by atoms with Crippen LogP contribution >= 0.6 is 0 Å². The van der Waals surface area contributed by atoms with Crippen LogP contribution in [0.15, 0.2) is 18.2 Å². The fourth-order valence-electron chi connectivity index (χ4n) is 1.63. The SMILES string of the molecule is COCCNCc1cc(F)ccc1OCCC(C)C. The number of ether oxygens (including phenoxy) is 2. The summed E-state index contributed by atoms with van der Waals surface area (Å²) in [7, 11) is 1.66. The second kappa shape index (κ2) is 8.88. The van der Waals surface area contributed by atoms with Gasteiger partial charge in [0.2, 0.25) is 0 Å². The molecule has 0 unspecified atom stereocenters. The molecule has 0 amide bonds. The summed E-state index contributed by atoms with van der Waals surface area (Å²) in [5.74, 6) is 1.12. The predicted molar refractivity (Wildman–Crippen MR) is 74.9 cm³/mol. The van der Waals surface area contributed by atoms with Crippen LogP contribution in [-0.2, 0) is 11.3 Å². The summed E-state index contributed by atoms with van der Waals surface area (Å²) >= 11 is 0. The van der Waals surface area contributed by atoms with Crippen LogP contribution in [0.2, 0.25) is 0 Å². The Labute approximate surface area is 115 Å². The Hall–Kier alpha value is -1.13. The average molecular weight is 269 g/mol. The molecule has 0 fully saturated rings. The molecule has 0 radical (unpaired) electrons. The van der Waals surface area contributed by atoms with Gasteiger partial charge in [0.15, 0.2) is 0 Å². The van der Waals surface area contributed by atoms with Gasteiger partial charge in [0, 0.05) is 25.8 Å². The smallest absolute Gasteiger partial charge is 0.123 e. The van der Waals surface area contributed by atoms with E-state index in [9.17, 15) is 4.39 Å². The highest BCUT2D eigenvalue weighted by atomic mass is 19.1. The Bertz CT molecular complexity index is 369. The first-order chi connectivity index (χ1) is 9.13. The molecule has 0 saturated carbocycles. The number of benzene rings is 1. The van der Waals surface area contributed by atoms with Gasteiger partial charge in [0.1, 0.15) is 11.6 Å². The zero-order valence-corrected chi connectivity index (χ0v) is 12.0. The maximum absolute atomic E-state index is 13.3. The van der Waals surface area contributed by atoms with E-state index in [1.54, 1.807) is 13.2 Å². The Morgan fingerprint density at radius 3 is 2.74 bits per heavy atom. The van der Waals surface area contributed by atoms with Crippen molar-refractivity contribution in [3.63, 3.8) is 0 Å². The van der Waals surface area contributed by atoms with E-state index in [1.807, 2.05) is 0 Å². The zero-order valence-electron chi connectivity index (χ0n) is 12.0. The van der Waals surface area contributed by atoms with Crippen LogP contribution in [0.1, 0.15) is 25.8 Å². The Kier molecular flexibility index (Phi) is 7.45. The first kappa shape index (κ1) is 15.9. The van der Waals surface area contributed by atoms with E-state index in [-0.39, 0.29) is 5.82 Å². The Balaban J connectivity index is 2.53. The molecule has 1 aromatic carbocycles. The molecule has 0 aliphatic carbocycles. The van der Waals surface area contributed by atoms with Gasteiger partial charge in [-0.05, 0) is 30.5 Å². The third kappa shape index (κ3) is 6.55. The van der Waals surface area contributed by atoms with Crippen molar-refractivity contribution < 1.29 is 13.9 Å². The number of hydrogen-bond acceptors (Lipinski definition) is 3. The third-order valence-electron chi connectivity index (χ3n) is 2.77. The molecule has 0 aliphatic heterocycles. The van der Waals surface area contributed by atoms with E-state index in [0.29, 0.717) is 25.7 Å². The van der Waals surface area contributed by atoms with E-state index >= 15 is 0 Å². The molecule has 1 N–H and O–H groups in total. The minimum absolute atomic E-state index is 0.236. The summed E-state index contributed by atoms with van der Waals surface area (Å²) in [5.41, 5.74) is 0.847. The lowest BCUT2D eigenvalue weighted by molar-refractivity contribution is 0.199. The van der Waals surface area contributed by atoms with Crippen LogP contribution in [0, 0.1) is 11.7 Å². The summed E-state index contributed by atoms with van der Waals surface area (Å²) in [6, 6.07) is 4.65. The molecule has 4 heteroatoms. The second-order valence-electron chi connectivity index (χ2n) is 4.95. The van der Waals surface area contributed by atoms with Crippen molar-refractivity contribution in [3.8, 4) is 5.75 Å². The summed E-state index contributed by atoms with van der Waals surface area (Å²) in [4.78, 5) is 0. The molecule has 1 aromatic rings. The second-order valence-corrected chi connectivity index (χ2v) is 4.95. The number of rotatable bonds is 9. The standard InChI is InChI=1S/C15H24FNO2/c1-12(2)6-8-19-15-5-4-14(16)10-13(15)11-17-7-9-18-3/h4-5,10,12,17H,6-9,11H2,1-3H3. The summed E-state index contributed by atoms with van der Waals surface area (Å²) in [6.45, 7) is 6.92. The van der Waals surface area contributed by atoms with Gasteiger partial charge in [-0.2, -0.15) is 0 Å². The molecule has 3 nitrogen and oxygen atoms in total. The summed E-state index contributed by atoms with van der Waals surface area (Å²) < 4.78 is 23.9. The van der Waals surface area contributed by atoms with Crippen molar-refractivity contribution >= 4 is 0 Å². The first-order valence-electron chi connectivity index (χ1n) is 6.74. The normalized spacial score (nSPS) is 11.0. The number of methoxy groups -OCH3 is 1. The highest BCUT2D eigenvalue weighted by Gasteiger charge is 2.06. The number of halogens is 1. The van der Waals surface area contributed by atoms with E-state index in [1.165, 1.54) is 12.1 Å². The van der Waals surface area contributed by atoms with Crippen molar-refractivity contribution in [1.29, 1.82) is 0 Å². The van der Waals surface area contributed by atoms with Crippen LogP contribution in [0.25, 0.3) is 0 Å². The molecule has 19 heavy (non-hydrogen) atoms. The van der Waals surface area contributed by atoms with Gasteiger partial charge >= 0.3 is 0 Å². The lowest BCUT2D eigenvalue weighted by Gasteiger charge is -2.13. The van der Waals surface area contributed by atoms with E-state index in [2.05, 4.69) is 19.2 Å². The quantitative estimate of drug-likeness (QED) is 0.699. The van der Waals surface area contributed by atoms with E-state index in [0.717, 1.165) is 24.3 Å². The molecule has 1 rings (SSSR count). The van der Waals surface area contributed by atoms with Gasteiger partial charge in [-0.15, -0.1) is 0 Å². The fourth-order valence-corrected chi connectivity index (χ4v) is 1.63. The molecular weight excluding hydrogens is 245 g/mol. The van der Waals surface area contributed by atoms with Gasteiger partial charge in [-0.3, -0.25) is 0 Å². The van der Waals surface area contributed by atoms with Gasteiger partial charge < -0.3 is 14.8 Å². The molecule has 108 valence electrons. The van der Waals surface area contributed by atoms with E-state index < -0.39 is 0 Å². The highest BCUT2D eigenvalue weighted by Crippen LogP contribution is 2.20. The fraction of sp³-hybridized carbons (Fsp3) is 0.600. The van der Waals surface area contributed by atoms with Crippen LogP contribution in [0.5, 0.6) is 5.75 Å². The maximum atomic E-state index is 13.3.